The molecule has 2 aliphatic heterocycles. The average molecular weight is 544 g/mol. The first-order valence-electron chi connectivity index (χ1n) is 13.2. The molecular formula is C25H28ClF3N4O4. The van der Waals surface area contributed by atoms with Crippen molar-refractivity contribution in [3.05, 3.63) is 41.6 Å². The fourth-order valence-electron chi connectivity index (χ4n) is 4.76. The third-order valence-corrected chi connectivity index (χ3v) is 6.97. The molecule has 2 aliphatic rings. The lowest BCUT2D eigenvalue weighted by atomic mass is 9.94. The maximum Gasteiger partial charge on any atom is 0.431 e. The molecule has 0 bridgehead atoms. The summed E-state index contributed by atoms with van der Waals surface area (Å²) < 4.78 is 73.2. The van der Waals surface area contributed by atoms with Crippen molar-refractivity contribution < 1.29 is 36.7 Å². The number of hydrogen-bond donors (Lipinski definition) is 1. The molecule has 8 nitrogen and oxygen atoms in total. The first-order chi connectivity index (χ1) is 18.6. The van der Waals surface area contributed by atoms with Gasteiger partial charge in [-0.25, -0.2) is 4.98 Å². The minimum Gasteiger partial charge on any atom is -0.490 e. The van der Waals surface area contributed by atoms with Crippen molar-refractivity contribution in [1.82, 2.24) is 4.98 Å². The molecule has 0 spiro atoms. The SMILES string of the molecule is [2H]C([2H])([2H])Oc1cc(N2CCC(Oc3ccc(N4N=C(C(F)(F)F)C(C)C4CC(=O)O)cc3)C(C)C2)c(Cl)cn1. The van der Waals surface area contributed by atoms with Gasteiger partial charge < -0.3 is 19.5 Å². The monoisotopic (exact) mass is 543 g/mol. The van der Waals surface area contributed by atoms with E-state index >= 15 is 0 Å². The number of rotatable bonds is 7. The molecule has 0 amide bonds. The standard InChI is InChI=1S/C25H28ClF3N4O4/c1-14-13-32(20-10-22(36-3)30-12-18(20)26)9-8-21(14)37-17-6-4-16(5-7-17)33-19(11-23(34)35)15(2)24(31-33)25(27,28)29/h4-7,10,12,14-15,19,21H,8-9,11,13H2,1-3H3,(H,34,35)/i3D3. The van der Waals surface area contributed by atoms with Crippen molar-refractivity contribution in [2.75, 3.05) is 30.0 Å². The highest BCUT2D eigenvalue weighted by molar-refractivity contribution is 6.33. The quantitative estimate of drug-likeness (QED) is 0.510. The third kappa shape index (κ3) is 5.87. The second kappa shape index (κ2) is 10.6. The van der Waals surface area contributed by atoms with Gasteiger partial charge in [0, 0.05) is 37.4 Å². The van der Waals surface area contributed by atoms with E-state index in [0.717, 1.165) is 5.01 Å². The minimum absolute atomic E-state index is 0.0305. The van der Waals surface area contributed by atoms with Crippen LogP contribution in [0.4, 0.5) is 24.5 Å². The van der Waals surface area contributed by atoms with E-state index in [0.29, 0.717) is 41.7 Å². The Morgan fingerprint density at radius 1 is 1.30 bits per heavy atom. The van der Waals surface area contributed by atoms with Gasteiger partial charge in [-0.1, -0.05) is 25.4 Å². The van der Waals surface area contributed by atoms with Crippen molar-refractivity contribution >= 4 is 34.7 Å². The lowest BCUT2D eigenvalue weighted by molar-refractivity contribution is -0.137. The number of carbonyl (C=O) groups is 1. The van der Waals surface area contributed by atoms with Gasteiger partial charge in [0.2, 0.25) is 5.88 Å². The van der Waals surface area contributed by atoms with Crippen LogP contribution in [0.25, 0.3) is 0 Å². The van der Waals surface area contributed by atoms with E-state index in [1.165, 1.54) is 19.2 Å². The molecule has 1 N–H and O–H groups in total. The normalized spacial score (nSPS) is 25.7. The lowest BCUT2D eigenvalue weighted by Crippen LogP contribution is -2.44. The van der Waals surface area contributed by atoms with E-state index in [-0.39, 0.29) is 17.9 Å². The summed E-state index contributed by atoms with van der Waals surface area (Å²) in [7, 11) is -2.64. The summed E-state index contributed by atoms with van der Waals surface area (Å²) in [5, 5.41) is 14.4. The number of methoxy groups -OCH3 is 1. The highest BCUT2D eigenvalue weighted by atomic mass is 35.5. The fourth-order valence-corrected chi connectivity index (χ4v) is 4.98. The molecule has 2 aromatic rings. The largest absolute Gasteiger partial charge is 0.490 e. The number of carboxylic acid groups (broad SMARTS) is 1. The second-order valence-electron chi connectivity index (χ2n) is 9.22. The van der Waals surface area contributed by atoms with E-state index in [4.69, 9.17) is 25.2 Å². The van der Waals surface area contributed by atoms with Gasteiger partial charge in [0.15, 0.2) is 0 Å². The zero-order valence-corrected chi connectivity index (χ0v) is 20.8. The van der Waals surface area contributed by atoms with E-state index < -0.39 is 43.3 Å². The van der Waals surface area contributed by atoms with E-state index in [9.17, 15) is 23.1 Å². The molecule has 3 heterocycles. The average Bonchev–Trinajstić information content (AvgIpc) is 3.17. The highest BCUT2D eigenvalue weighted by Gasteiger charge is 2.48. The predicted molar refractivity (Wildman–Crippen MR) is 134 cm³/mol. The van der Waals surface area contributed by atoms with Crippen LogP contribution in [0.3, 0.4) is 0 Å². The van der Waals surface area contributed by atoms with Gasteiger partial charge in [0.25, 0.3) is 0 Å². The topological polar surface area (TPSA) is 87.5 Å². The van der Waals surface area contributed by atoms with Gasteiger partial charge in [-0.2, -0.15) is 18.3 Å². The number of halogens is 4. The fraction of sp³-hybridized carbons (Fsp3) is 0.480. The summed E-state index contributed by atoms with van der Waals surface area (Å²) in [6, 6.07) is 6.87. The molecule has 1 saturated heterocycles. The summed E-state index contributed by atoms with van der Waals surface area (Å²) in [4.78, 5) is 17.2. The molecule has 4 atom stereocenters. The zero-order chi connectivity index (χ0) is 29.4. The number of ether oxygens (including phenoxy) is 2. The van der Waals surface area contributed by atoms with Gasteiger partial charge in [-0.3, -0.25) is 9.80 Å². The summed E-state index contributed by atoms with van der Waals surface area (Å²) in [6.45, 7) is 4.43. The molecule has 0 radical (unpaired) electrons. The lowest BCUT2D eigenvalue weighted by Gasteiger charge is -2.38. The van der Waals surface area contributed by atoms with Crippen molar-refractivity contribution in [2.45, 2.75) is 45.0 Å². The van der Waals surface area contributed by atoms with Crippen molar-refractivity contribution in [2.24, 2.45) is 16.9 Å². The number of hydrogen-bond acceptors (Lipinski definition) is 7. The van der Waals surface area contributed by atoms with Crippen LogP contribution in [0.1, 0.15) is 30.8 Å². The number of carboxylic acids is 1. The van der Waals surface area contributed by atoms with Crippen molar-refractivity contribution in [3.63, 3.8) is 0 Å². The summed E-state index contributed by atoms with van der Waals surface area (Å²) in [5.41, 5.74) is -0.0823. The van der Waals surface area contributed by atoms with Crippen LogP contribution in [0.2, 0.25) is 5.02 Å². The first kappa shape index (κ1) is 22.9. The molecule has 0 aliphatic carbocycles. The minimum atomic E-state index is -4.66. The Morgan fingerprint density at radius 2 is 2.03 bits per heavy atom. The highest BCUT2D eigenvalue weighted by Crippen LogP contribution is 2.37. The molecule has 4 unspecified atom stereocenters. The molecular weight excluding hydrogens is 513 g/mol. The van der Waals surface area contributed by atoms with E-state index in [2.05, 4.69) is 10.1 Å². The van der Waals surface area contributed by atoms with Gasteiger partial charge in [-0.05, 0) is 24.3 Å². The molecule has 1 aromatic heterocycles. The molecule has 12 heteroatoms. The molecule has 37 heavy (non-hydrogen) atoms. The molecule has 0 saturated carbocycles. The van der Waals surface area contributed by atoms with Crippen molar-refractivity contribution in [3.8, 4) is 11.6 Å². The number of nitrogens with zero attached hydrogens (tertiary/aromatic N) is 4. The summed E-state index contributed by atoms with van der Waals surface area (Å²) >= 11 is 6.32. The van der Waals surface area contributed by atoms with E-state index in [1.54, 1.807) is 24.3 Å². The van der Waals surface area contributed by atoms with Gasteiger partial charge in [0.05, 0.1) is 46.2 Å². The molecule has 1 aromatic carbocycles. The summed E-state index contributed by atoms with van der Waals surface area (Å²) in [6.07, 6.45) is -3.38. The van der Waals surface area contributed by atoms with Crippen LogP contribution in [0.15, 0.2) is 41.6 Å². The Hall–Kier alpha value is -3.21. The smallest absolute Gasteiger partial charge is 0.431 e. The number of benzene rings is 1. The van der Waals surface area contributed by atoms with Crippen molar-refractivity contribution in [1.29, 1.82) is 0 Å². The molecule has 200 valence electrons. The Bertz CT molecular complexity index is 1260. The van der Waals surface area contributed by atoms with Gasteiger partial charge in [-0.15, -0.1) is 0 Å². The van der Waals surface area contributed by atoms with Crippen LogP contribution in [0.5, 0.6) is 11.6 Å². The number of alkyl halides is 3. The third-order valence-electron chi connectivity index (χ3n) is 6.68. The Morgan fingerprint density at radius 3 is 2.65 bits per heavy atom. The van der Waals surface area contributed by atoms with Crippen LogP contribution in [-0.4, -0.2) is 60.2 Å². The predicted octanol–water partition coefficient (Wildman–Crippen LogP) is 5.26. The molecule has 1 fully saturated rings. The van der Waals surface area contributed by atoms with Crippen LogP contribution in [-0.2, 0) is 4.79 Å². The van der Waals surface area contributed by atoms with E-state index in [1.807, 2.05) is 11.8 Å². The maximum atomic E-state index is 13.4. The zero-order valence-electron chi connectivity index (χ0n) is 23.1. The van der Waals surface area contributed by atoms with Gasteiger partial charge >= 0.3 is 12.1 Å². The van der Waals surface area contributed by atoms with Crippen LogP contribution in [0, 0.1) is 11.8 Å². The number of aliphatic carboxylic acids is 1. The second-order valence-corrected chi connectivity index (χ2v) is 9.63. The Labute approximate surface area is 221 Å². The Kier molecular flexibility index (Phi) is 6.60. The maximum absolute atomic E-state index is 13.4. The number of piperidine rings is 1. The summed E-state index contributed by atoms with van der Waals surface area (Å²) in [5.74, 6) is -1.84. The van der Waals surface area contributed by atoms with Crippen LogP contribution < -0.4 is 19.4 Å². The van der Waals surface area contributed by atoms with Gasteiger partial charge in [0.1, 0.15) is 17.6 Å². The number of hydrazone groups is 1. The molecule has 4 rings (SSSR count). The number of pyridine rings is 1. The Balaban J connectivity index is 1.43. The van der Waals surface area contributed by atoms with Crippen LogP contribution >= 0.6 is 11.6 Å². The first-order valence-corrected chi connectivity index (χ1v) is 12.0. The number of aromatic nitrogens is 1. The number of anilines is 2.